The Morgan fingerprint density at radius 2 is 1.94 bits per heavy atom. The maximum atomic E-state index is 11.6. The lowest BCUT2D eigenvalue weighted by Gasteiger charge is -2.22. The van der Waals surface area contributed by atoms with E-state index in [2.05, 4.69) is 5.32 Å². The first-order valence-electron chi connectivity index (χ1n) is 5.85. The SMILES string of the molecule is CC(NC(=O)C(N)CC(N)=O)C1CCCC1. The van der Waals surface area contributed by atoms with Crippen LogP contribution in [0.25, 0.3) is 0 Å². The topological polar surface area (TPSA) is 98.2 Å². The average Bonchev–Trinajstić information content (AvgIpc) is 2.68. The Hall–Kier alpha value is -1.10. The molecule has 0 aromatic rings. The molecule has 1 aliphatic carbocycles. The molecule has 0 saturated heterocycles. The summed E-state index contributed by atoms with van der Waals surface area (Å²) < 4.78 is 0. The van der Waals surface area contributed by atoms with E-state index >= 15 is 0 Å². The van der Waals surface area contributed by atoms with E-state index in [0.717, 1.165) is 12.8 Å². The van der Waals surface area contributed by atoms with Gasteiger partial charge < -0.3 is 16.8 Å². The van der Waals surface area contributed by atoms with Crippen molar-refractivity contribution in [3.05, 3.63) is 0 Å². The maximum absolute atomic E-state index is 11.6. The zero-order valence-electron chi connectivity index (χ0n) is 9.74. The van der Waals surface area contributed by atoms with Crippen molar-refractivity contribution in [1.29, 1.82) is 0 Å². The highest BCUT2D eigenvalue weighted by Crippen LogP contribution is 2.27. The third-order valence-corrected chi connectivity index (χ3v) is 3.23. The van der Waals surface area contributed by atoms with E-state index in [1.165, 1.54) is 12.8 Å². The Kier molecular flexibility index (Phi) is 4.73. The molecule has 5 N–H and O–H groups in total. The van der Waals surface area contributed by atoms with E-state index in [0.29, 0.717) is 5.92 Å². The van der Waals surface area contributed by atoms with Crippen LogP contribution in [0.2, 0.25) is 0 Å². The van der Waals surface area contributed by atoms with Gasteiger partial charge in [0.2, 0.25) is 11.8 Å². The fraction of sp³-hybridized carbons (Fsp3) is 0.818. The van der Waals surface area contributed by atoms with Crippen LogP contribution in [0.3, 0.4) is 0 Å². The molecule has 5 heteroatoms. The van der Waals surface area contributed by atoms with Gasteiger partial charge in [-0.05, 0) is 25.7 Å². The van der Waals surface area contributed by atoms with Crippen LogP contribution in [0.15, 0.2) is 0 Å². The second kappa shape index (κ2) is 5.84. The van der Waals surface area contributed by atoms with Crippen molar-refractivity contribution in [2.24, 2.45) is 17.4 Å². The molecule has 0 spiro atoms. The predicted molar refractivity (Wildman–Crippen MR) is 61.3 cm³/mol. The Bertz CT molecular complexity index is 262. The minimum Gasteiger partial charge on any atom is -0.370 e. The Labute approximate surface area is 95.9 Å². The summed E-state index contributed by atoms with van der Waals surface area (Å²) in [5, 5.41) is 2.86. The van der Waals surface area contributed by atoms with E-state index in [9.17, 15) is 9.59 Å². The summed E-state index contributed by atoms with van der Waals surface area (Å²) in [6.07, 6.45) is 4.69. The van der Waals surface area contributed by atoms with Gasteiger partial charge in [-0.1, -0.05) is 12.8 Å². The molecule has 2 amide bonds. The minimum absolute atomic E-state index is 0.0940. The van der Waals surface area contributed by atoms with Gasteiger partial charge in [0.1, 0.15) is 0 Å². The Morgan fingerprint density at radius 1 is 1.38 bits per heavy atom. The molecule has 0 aromatic heterocycles. The van der Waals surface area contributed by atoms with Crippen LogP contribution in [0.1, 0.15) is 39.0 Å². The van der Waals surface area contributed by atoms with Crippen molar-refractivity contribution in [2.45, 2.75) is 51.1 Å². The second-order valence-electron chi connectivity index (χ2n) is 4.62. The van der Waals surface area contributed by atoms with E-state index < -0.39 is 11.9 Å². The summed E-state index contributed by atoms with van der Waals surface area (Å²) in [6, 6.07) is -0.685. The summed E-state index contributed by atoms with van der Waals surface area (Å²) >= 11 is 0. The number of hydrogen-bond donors (Lipinski definition) is 3. The lowest BCUT2D eigenvalue weighted by molar-refractivity contribution is -0.127. The molecule has 5 nitrogen and oxygen atoms in total. The van der Waals surface area contributed by atoms with Crippen molar-refractivity contribution in [3.8, 4) is 0 Å². The molecule has 92 valence electrons. The predicted octanol–water partition coefficient (Wildman–Crippen LogP) is -0.116. The molecular weight excluding hydrogens is 206 g/mol. The van der Waals surface area contributed by atoms with Crippen LogP contribution in [-0.2, 0) is 9.59 Å². The number of carbonyl (C=O) groups is 2. The van der Waals surface area contributed by atoms with E-state index in [4.69, 9.17) is 11.5 Å². The number of primary amides is 1. The van der Waals surface area contributed by atoms with E-state index in [1.54, 1.807) is 0 Å². The average molecular weight is 227 g/mol. The summed E-state index contributed by atoms with van der Waals surface area (Å²) in [6.45, 7) is 1.99. The smallest absolute Gasteiger partial charge is 0.237 e. The summed E-state index contributed by atoms with van der Waals surface area (Å²) in [5.41, 5.74) is 10.5. The molecule has 16 heavy (non-hydrogen) atoms. The van der Waals surface area contributed by atoms with Crippen molar-refractivity contribution < 1.29 is 9.59 Å². The number of nitrogens with two attached hydrogens (primary N) is 2. The van der Waals surface area contributed by atoms with Gasteiger partial charge in [-0.3, -0.25) is 9.59 Å². The highest BCUT2D eigenvalue weighted by Gasteiger charge is 2.25. The molecule has 1 aliphatic rings. The van der Waals surface area contributed by atoms with Crippen LogP contribution in [0.4, 0.5) is 0 Å². The molecule has 0 bridgehead atoms. The van der Waals surface area contributed by atoms with Crippen LogP contribution >= 0.6 is 0 Å². The minimum atomic E-state index is -0.818. The highest BCUT2D eigenvalue weighted by atomic mass is 16.2. The Balaban J connectivity index is 2.34. The number of nitrogens with one attached hydrogen (secondary N) is 1. The van der Waals surface area contributed by atoms with Crippen LogP contribution in [-0.4, -0.2) is 23.9 Å². The van der Waals surface area contributed by atoms with Crippen LogP contribution in [0, 0.1) is 5.92 Å². The first kappa shape index (κ1) is 13.0. The van der Waals surface area contributed by atoms with E-state index in [1.807, 2.05) is 6.92 Å². The van der Waals surface area contributed by atoms with Gasteiger partial charge in [0, 0.05) is 6.04 Å². The first-order chi connectivity index (χ1) is 7.50. The zero-order valence-corrected chi connectivity index (χ0v) is 9.74. The van der Waals surface area contributed by atoms with Gasteiger partial charge in [0.05, 0.1) is 12.5 Å². The molecule has 0 heterocycles. The van der Waals surface area contributed by atoms with Crippen LogP contribution in [0.5, 0.6) is 0 Å². The number of carbonyl (C=O) groups excluding carboxylic acids is 2. The molecule has 2 atom stereocenters. The standard InChI is InChI=1S/C11H21N3O2/c1-7(8-4-2-3-5-8)14-11(16)9(12)6-10(13)15/h7-9H,2-6,12H2,1H3,(H2,13,15)(H,14,16). The zero-order chi connectivity index (χ0) is 12.1. The maximum Gasteiger partial charge on any atom is 0.237 e. The molecule has 1 rings (SSSR count). The Morgan fingerprint density at radius 3 is 2.44 bits per heavy atom. The first-order valence-corrected chi connectivity index (χ1v) is 5.85. The molecular formula is C11H21N3O2. The summed E-state index contributed by atoms with van der Waals surface area (Å²) in [4.78, 5) is 22.2. The highest BCUT2D eigenvalue weighted by molar-refractivity contribution is 5.87. The number of amides is 2. The second-order valence-corrected chi connectivity index (χ2v) is 4.62. The van der Waals surface area contributed by atoms with Gasteiger partial charge in [-0.2, -0.15) is 0 Å². The number of hydrogen-bond acceptors (Lipinski definition) is 3. The van der Waals surface area contributed by atoms with Crippen molar-refractivity contribution in [3.63, 3.8) is 0 Å². The molecule has 0 radical (unpaired) electrons. The van der Waals surface area contributed by atoms with Crippen molar-refractivity contribution in [1.82, 2.24) is 5.32 Å². The quantitative estimate of drug-likeness (QED) is 0.611. The van der Waals surface area contributed by atoms with Gasteiger partial charge in [-0.15, -0.1) is 0 Å². The number of rotatable bonds is 5. The van der Waals surface area contributed by atoms with Crippen molar-refractivity contribution >= 4 is 11.8 Å². The lowest BCUT2D eigenvalue weighted by Crippen LogP contribution is -2.47. The van der Waals surface area contributed by atoms with Gasteiger partial charge in [-0.25, -0.2) is 0 Å². The summed E-state index contributed by atoms with van der Waals surface area (Å²) in [5.74, 6) is -0.279. The van der Waals surface area contributed by atoms with Gasteiger partial charge >= 0.3 is 0 Å². The summed E-state index contributed by atoms with van der Waals surface area (Å²) in [7, 11) is 0. The molecule has 2 unspecified atom stereocenters. The molecule has 0 aromatic carbocycles. The third kappa shape index (κ3) is 3.81. The van der Waals surface area contributed by atoms with Gasteiger partial charge in [0.15, 0.2) is 0 Å². The monoisotopic (exact) mass is 227 g/mol. The van der Waals surface area contributed by atoms with Gasteiger partial charge in [0.25, 0.3) is 0 Å². The fourth-order valence-corrected chi connectivity index (χ4v) is 2.22. The normalized spacial score (nSPS) is 20.4. The van der Waals surface area contributed by atoms with E-state index in [-0.39, 0.29) is 18.4 Å². The third-order valence-electron chi connectivity index (χ3n) is 3.23. The fourth-order valence-electron chi connectivity index (χ4n) is 2.22. The molecule has 1 fully saturated rings. The largest absolute Gasteiger partial charge is 0.370 e. The molecule has 1 saturated carbocycles. The molecule has 0 aliphatic heterocycles. The lowest BCUT2D eigenvalue weighted by atomic mass is 9.99. The van der Waals surface area contributed by atoms with Crippen LogP contribution < -0.4 is 16.8 Å². The van der Waals surface area contributed by atoms with Crippen molar-refractivity contribution in [2.75, 3.05) is 0 Å².